The van der Waals surface area contributed by atoms with E-state index < -0.39 is 0 Å². The van der Waals surface area contributed by atoms with E-state index in [-0.39, 0.29) is 12.5 Å². The fourth-order valence-corrected chi connectivity index (χ4v) is 3.97. The summed E-state index contributed by atoms with van der Waals surface area (Å²) in [6.07, 6.45) is 1.56. The fraction of sp³-hybridized carbons (Fsp3) is 0.348. The number of hydrogen-bond donors (Lipinski definition) is 0. The molecule has 3 aromatic rings. The second-order valence-corrected chi connectivity index (χ2v) is 7.52. The summed E-state index contributed by atoms with van der Waals surface area (Å²) in [4.78, 5) is 25.6. The van der Waals surface area contributed by atoms with Gasteiger partial charge in [-0.25, -0.2) is 9.97 Å². The number of benzene rings is 2. The van der Waals surface area contributed by atoms with Crippen LogP contribution in [0.1, 0.15) is 0 Å². The Kier molecular flexibility index (Phi) is 5.53. The van der Waals surface area contributed by atoms with Gasteiger partial charge in [0.25, 0.3) is 5.91 Å². The van der Waals surface area contributed by atoms with E-state index in [9.17, 15) is 4.79 Å². The lowest BCUT2D eigenvalue weighted by molar-refractivity contribution is -0.133. The summed E-state index contributed by atoms with van der Waals surface area (Å²) in [5, 5.41) is 0.913. The van der Waals surface area contributed by atoms with Gasteiger partial charge in [-0.2, -0.15) is 0 Å². The molecule has 0 unspecified atom stereocenters. The molecule has 166 valence electrons. The molecule has 9 heteroatoms. The number of para-hydroxylation sites is 2. The number of rotatable bonds is 5. The predicted octanol–water partition coefficient (Wildman–Crippen LogP) is 2.14. The topological polar surface area (TPSA) is 86.3 Å². The van der Waals surface area contributed by atoms with Gasteiger partial charge in [-0.05, 0) is 18.2 Å². The molecule has 0 spiro atoms. The second-order valence-electron chi connectivity index (χ2n) is 7.52. The van der Waals surface area contributed by atoms with E-state index in [0.29, 0.717) is 62.4 Å². The third kappa shape index (κ3) is 3.93. The van der Waals surface area contributed by atoms with E-state index in [1.54, 1.807) is 25.6 Å². The minimum Gasteiger partial charge on any atom is -0.493 e. The van der Waals surface area contributed by atoms with Gasteiger partial charge in [-0.3, -0.25) is 4.79 Å². The number of aromatic nitrogens is 2. The number of piperazine rings is 1. The summed E-state index contributed by atoms with van der Waals surface area (Å²) in [6.45, 7) is 3.54. The first-order valence-corrected chi connectivity index (χ1v) is 10.6. The SMILES string of the molecule is COc1ccccc1OCC(=O)N1CCN(c2ncnc3cc4c(cc23)OCCO4)CC1. The van der Waals surface area contributed by atoms with Gasteiger partial charge in [0.2, 0.25) is 0 Å². The zero-order valence-corrected chi connectivity index (χ0v) is 17.8. The molecule has 32 heavy (non-hydrogen) atoms. The fourth-order valence-electron chi connectivity index (χ4n) is 3.97. The van der Waals surface area contributed by atoms with Crippen LogP contribution in [0.2, 0.25) is 0 Å². The number of carbonyl (C=O) groups excluding carboxylic acids is 1. The molecule has 1 aromatic heterocycles. The van der Waals surface area contributed by atoms with Crippen LogP contribution in [0.3, 0.4) is 0 Å². The first-order valence-electron chi connectivity index (χ1n) is 10.6. The first-order chi connectivity index (χ1) is 15.7. The van der Waals surface area contributed by atoms with Crippen LogP contribution in [0.25, 0.3) is 10.9 Å². The Morgan fingerprint density at radius 1 is 1.00 bits per heavy atom. The largest absolute Gasteiger partial charge is 0.493 e. The van der Waals surface area contributed by atoms with Crippen LogP contribution in [0.15, 0.2) is 42.7 Å². The van der Waals surface area contributed by atoms with E-state index in [4.69, 9.17) is 18.9 Å². The minimum absolute atomic E-state index is 0.0275. The molecule has 2 aliphatic heterocycles. The predicted molar refractivity (Wildman–Crippen MR) is 118 cm³/mol. The number of anilines is 1. The standard InChI is InChI=1S/C23H24N4O5/c1-29-18-4-2-3-5-19(18)32-14-22(28)26-6-8-27(9-7-26)23-16-12-20-21(31-11-10-30-20)13-17(16)24-15-25-23/h2-5,12-13,15H,6-11,14H2,1H3. The molecule has 0 N–H and O–H groups in total. The molecule has 0 aliphatic carbocycles. The third-order valence-corrected chi connectivity index (χ3v) is 5.63. The summed E-state index contributed by atoms with van der Waals surface area (Å²) in [5.41, 5.74) is 0.808. The monoisotopic (exact) mass is 436 g/mol. The van der Waals surface area contributed by atoms with Crippen molar-refractivity contribution in [2.75, 3.05) is 58.0 Å². The van der Waals surface area contributed by atoms with Gasteiger partial charge in [0.1, 0.15) is 25.4 Å². The molecule has 9 nitrogen and oxygen atoms in total. The van der Waals surface area contributed by atoms with Gasteiger partial charge < -0.3 is 28.7 Å². The highest BCUT2D eigenvalue weighted by molar-refractivity contribution is 5.92. The van der Waals surface area contributed by atoms with E-state index in [2.05, 4.69) is 14.9 Å². The number of fused-ring (bicyclic) bond motifs is 2. The molecule has 0 bridgehead atoms. The lowest BCUT2D eigenvalue weighted by Crippen LogP contribution is -2.50. The van der Waals surface area contributed by atoms with Crippen molar-refractivity contribution in [3.63, 3.8) is 0 Å². The van der Waals surface area contributed by atoms with Gasteiger partial charge in [0, 0.05) is 37.6 Å². The Morgan fingerprint density at radius 2 is 1.72 bits per heavy atom. The summed E-state index contributed by atoms with van der Waals surface area (Å²) >= 11 is 0. The highest BCUT2D eigenvalue weighted by atomic mass is 16.6. The molecule has 3 heterocycles. The molecule has 0 saturated carbocycles. The number of amides is 1. The molecular formula is C23H24N4O5. The number of ether oxygens (including phenoxy) is 4. The van der Waals surface area contributed by atoms with Crippen LogP contribution in [0, 0.1) is 0 Å². The minimum atomic E-state index is -0.0530. The Morgan fingerprint density at radius 3 is 2.47 bits per heavy atom. The van der Waals surface area contributed by atoms with Crippen molar-refractivity contribution in [2.45, 2.75) is 0 Å². The maximum absolute atomic E-state index is 12.7. The van der Waals surface area contributed by atoms with Crippen LogP contribution in [-0.4, -0.2) is 73.9 Å². The second kappa shape index (κ2) is 8.78. The van der Waals surface area contributed by atoms with Crippen molar-refractivity contribution in [3.05, 3.63) is 42.7 Å². The maximum Gasteiger partial charge on any atom is 0.260 e. The molecule has 2 aromatic carbocycles. The molecule has 0 radical (unpaired) electrons. The van der Waals surface area contributed by atoms with Crippen molar-refractivity contribution in [1.29, 1.82) is 0 Å². The highest BCUT2D eigenvalue weighted by Crippen LogP contribution is 2.36. The van der Waals surface area contributed by atoms with Crippen molar-refractivity contribution < 1.29 is 23.7 Å². The van der Waals surface area contributed by atoms with E-state index >= 15 is 0 Å². The zero-order chi connectivity index (χ0) is 21.9. The van der Waals surface area contributed by atoms with E-state index in [1.807, 2.05) is 29.2 Å². The van der Waals surface area contributed by atoms with E-state index in [1.165, 1.54) is 0 Å². The van der Waals surface area contributed by atoms with Gasteiger partial charge in [0.15, 0.2) is 29.6 Å². The molecule has 0 atom stereocenters. The summed E-state index contributed by atoms with van der Waals surface area (Å²) < 4.78 is 22.4. The van der Waals surface area contributed by atoms with Crippen molar-refractivity contribution in [3.8, 4) is 23.0 Å². The lowest BCUT2D eigenvalue weighted by atomic mass is 10.1. The van der Waals surface area contributed by atoms with Gasteiger partial charge >= 0.3 is 0 Å². The number of hydrogen-bond acceptors (Lipinski definition) is 8. The number of carbonyl (C=O) groups is 1. The molecule has 2 aliphatic rings. The molecule has 1 fully saturated rings. The number of methoxy groups -OCH3 is 1. The average Bonchev–Trinajstić information content (AvgIpc) is 2.86. The van der Waals surface area contributed by atoms with Crippen LogP contribution in [-0.2, 0) is 4.79 Å². The van der Waals surface area contributed by atoms with Crippen LogP contribution in [0.4, 0.5) is 5.82 Å². The molecular weight excluding hydrogens is 412 g/mol. The van der Waals surface area contributed by atoms with E-state index in [0.717, 1.165) is 16.7 Å². The molecule has 5 rings (SSSR count). The average molecular weight is 436 g/mol. The molecule has 1 amide bonds. The van der Waals surface area contributed by atoms with Crippen molar-refractivity contribution in [1.82, 2.24) is 14.9 Å². The summed E-state index contributed by atoms with van der Waals surface area (Å²) in [7, 11) is 1.58. The summed E-state index contributed by atoms with van der Waals surface area (Å²) in [6, 6.07) is 11.1. The van der Waals surface area contributed by atoms with Crippen LogP contribution in [0.5, 0.6) is 23.0 Å². The third-order valence-electron chi connectivity index (χ3n) is 5.63. The lowest BCUT2D eigenvalue weighted by Gasteiger charge is -2.35. The Hall–Kier alpha value is -3.75. The van der Waals surface area contributed by atoms with Gasteiger partial charge in [-0.15, -0.1) is 0 Å². The van der Waals surface area contributed by atoms with Crippen LogP contribution < -0.4 is 23.8 Å². The Labute approximate surface area is 185 Å². The van der Waals surface area contributed by atoms with Gasteiger partial charge in [0.05, 0.1) is 12.6 Å². The van der Waals surface area contributed by atoms with Crippen molar-refractivity contribution in [2.24, 2.45) is 0 Å². The van der Waals surface area contributed by atoms with Crippen LogP contribution >= 0.6 is 0 Å². The normalized spacial score (nSPS) is 15.5. The Bertz CT molecular complexity index is 1130. The highest BCUT2D eigenvalue weighted by Gasteiger charge is 2.25. The number of nitrogens with zero attached hydrogens (tertiary/aromatic N) is 4. The first kappa shape index (κ1) is 20.2. The molecule has 1 saturated heterocycles. The zero-order valence-electron chi connectivity index (χ0n) is 17.8. The maximum atomic E-state index is 12.7. The Balaban J connectivity index is 1.24. The summed E-state index contributed by atoms with van der Waals surface area (Å²) in [5.74, 6) is 3.37. The quantitative estimate of drug-likeness (QED) is 0.601. The smallest absolute Gasteiger partial charge is 0.260 e. The van der Waals surface area contributed by atoms with Crippen molar-refractivity contribution >= 4 is 22.6 Å². The van der Waals surface area contributed by atoms with Gasteiger partial charge in [-0.1, -0.05) is 12.1 Å².